The lowest BCUT2D eigenvalue weighted by Gasteiger charge is -2.37. The monoisotopic (exact) mass is 402 g/mol. The molecular weight excluding hydrogens is 375 g/mol. The summed E-state index contributed by atoms with van der Waals surface area (Å²) in [6.07, 6.45) is 0.741. The van der Waals surface area contributed by atoms with E-state index in [9.17, 15) is 4.39 Å². The highest BCUT2D eigenvalue weighted by Gasteiger charge is 2.17. The molecule has 0 aromatic heterocycles. The zero-order valence-electron chi connectivity index (χ0n) is 17.0. The summed E-state index contributed by atoms with van der Waals surface area (Å²) >= 11 is 0. The summed E-state index contributed by atoms with van der Waals surface area (Å²) in [6, 6.07) is 25.4. The largest absolute Gasteiger partial charge is 0.384 e. The minimum Gasteiger partial charge on any atom is -0.384 e. The summed E-state index contributed by atoms with van der Waals surface area (Å²) in [5, 5.41) is 0. The van der Waals surface area contributed by atoms with Crippen LogP contribution in [-0.4, -0.2) is 38.6 Å². The van der Waals surface area contributed by atoms with E-state index in [1.165, 1.54) is 23.5 Å². The number of anilines is 2. The third-order valence-corrected chi connectivity index (χ3v) is 5.53. The van der Waals surface area contributed by atoms with Crippen LogP contribution in [0.5, 0.6) is 0 Å². The first kappa shape index (κ1) is 20.0. The minimum absolute atomic E-state index is 0.219. The fraction of sp³-hybridized carbons (Fsp3) is 0.240. The molecule has 0 aliphatic carbocycles. The Morgan fingerprint density at radius 1 is 0.767 bits per heavy atom. The summed E-state index contributed by atoms with van der Waals surface area (Å²) in [7, 11) is 0. The third-order valence-electron chi connectivity index (χ3n) is 5.53. The van der Waals surface area contributed by atoms with Crippen LogP contribution in [-0.2, 0) is 6.42 Å². The Balaban J connectivity index is 1.31. The van der Waals surface area contributed by atoms with E-state index in [0.29, 0.717) is 12.4 Å². The molecule has 3 aromatic rings. The molecule has 30 heavy (non-hydrogen) atoms. The number of aliphatic imine (C=N–C) groups is 1. The van der Waals surface area contributed by atoms with Crippen molar-refractivity contribution in [2.24, 2.45) is 10.7 Å². The first-order valence-electron chi connectivity index (χ1n) is 10.4. The van der Waals surface area contributed by atoms with Crippen molar-refractivity contribution >= 4 is 17.2 Å². The van der Waals surface area contributed by atoms with E-state index in [4.69, 9.17) is 5.73 Å². The molecule has 1 fully saturated rings. The van der Waals surface area contributed by atoms with Crippen LogP contribution in [0.3, 0.4) is 0 Å². The average Bonchev–Trinajstić information content (AvgIpc) is 2.81. The van der Waals surface area contributed by atoms with Crippen LogP contribution in [0.1, 0.15) is 11.1 Å². The lowest BCUT2D eigenvalue weighted by atomic mass is 10.1. The van der Waals surface area contributed by atoms with Gasteiger partial charge in [0, 0.05) is 49.7 Å². The van der Waals surface area contributed by atoms with Crippen molar-refractivity contribution in [3.8, 4) is 0 Å². The Morgan fingerprint density at radius 2 is 1.33 bits per heavy atom. The molecule has 1 aliphatic rings. The molecule has 4 rings (SSSR count). The van der Waals surface area contributed by atoms with E-state index in [1.807, 2.05) is 12.1 Å². The minimum atomic E-state index is -0.219. The molecule has 0 radical (unpaired) electrons. The predicted octanol–water partition coefficient (Wildman–Crippen LogP) is 4.10. The van der Waals surface area contributed by atoms with Crippen molar-refractivity contribution in [2.75, 3.05) is 42.5 Å². The van der Waals surface area contributed by atoms with Crippen molar-refractivity contribution < 1.29 is 4.39 Å². The summed E-state index contributed by atoms with van der Waals surface area (Å²) in [6.45, 7) is 4.60. The molecular formula is C25H27FN4. The zero-order chi connectivity index (χ0) is 20.8. The number of nitrogens with two attached hydrogens (primary N) is 1. The fourth-order valence-corrected chi connectivity index (χ4v) is 3.75. The van der Waals surface area contributed by atoms with Gasteiger partial charge in [-0.1, -0.05) is 30.3 Å². The number of hydrogen-bond acceptors (Lipinski definition) is 3. The maximum atomic E-state index is 13.0. The number of hydrogen-bond donors (Lipinski definition) is 1. The van der Waals surface area contributed by atoms with Crippen LogP contribution in [0.2, 0.25) is 0 Å². The van der Waals surface area contributed by atoms with Gasteiger partial charge in [0.2, 0.25) is 0 Å². The van der Waals surface area contributed by atoms with Crippen molar-refractivity contribution in [1.29, 1.82) is 0 Å². The van der Waals surface area contributed by atoms with Crippen LogP contribution >= 0.6 is 0 Å². The molecule has 1 heterocycles. The molecule has 3 aromatic carbocycles. The van der Waals surface area contributed by atoms with Gasteiger partial charge in [0.1, 0.15) is 11.7 Å². The van der Waals surface area contributed by atoms with Gasteiger partial charge >= 0.3 is 0 Å². The predicted molar refractivity (Wildman–Crippen MR) is 123 cm³/mol. The van der Waals surface area contributed by atoms with Crippen molar-refractivity contribution in [3.63, 3.8) is 0 Å². The van der Waals surface area contributed by atoms with Crippen LogP contribution < -0.4 is 15.5 Å². The quantitative estimate of drug-likeness (QED) is 0.499. The van der Waals surface area contributed by atoms with Gasteiger partial charge in [-0.25, -0.2) is 4.39 Å². The second-order valence-electron chi connectivity index (χ2n) is 7.50. The SMILES string of the molecule is NC(=NCCc1ccc(F)cc1)c1ccc(N2CCN(c3ccccc3)CC2)cc1. The summed E-state index contributed by atoms with van der Waals surface area (Å²) in [5.41, 5.74) is 10.7. The van der Waals surface area contributed by atoms with Crippen LogP contribution in [0, 0.1) is 5.82 Å². The van der Waals surface area contributed by atoms with Gasteiger partial charge in [0.15, 0.2) is 0 Å². The van der Waals surface area contributed by atoms with Gasteiger partial charge in [0.25, 0.3) is 0 Å². The highest BCUT2D eigenvalue weighted by Crippen LogP contribution is 2.21. The molecule has 0 spiro atoms. The highest BCUT2D eigenvalue weighted by molar-refractivity contribution is 5.97. The van der Waals surface area contributed by atoms with Gasteiger partial charge in [0.05, 0.1) is 0 Å². The summed E-state index contributed by atoms with van der Waals surface area (Å²) in [4.78, 5) is 9.31. The Labute approximate surface area is 177 Å². The second kappa shape index (κ2) is 9.44. The lowest BCUT2D eigenvalue weighted by molar-refractivity contribution is 0.627. The Bertz CT molecular complexity index is 960. The van der Waals surface area contributed by atoms with Gasteiger partial charge in [-0.2, -0.15) is 0 Å². The van der Waals surface area contributed by atoms with E-state index in [-0.39, 0.29) is 5.82 Å². The van der Waals surface area contributed by atoms with E-state index < -0.39 is 0 Å². The molecule has 0 saturated carbocycles. The van der Waals surface area contributed by atoms with Gasteiger partial charge < -0.3 is 15.5 Å². The first-order valence-corrected chi connectivity index (χ1v) is 10.4. The van der Waals surface area contributed by atoms with E-state index in [0.717, 1.165) is 43.7 Å². The van der Waals surface area contributed by atoms with E-state index in [2.05, 4.69) is 57.3 Å². The number of amidine groups is 1. The molecule has 0 atom stereocenters. The molecule has 4 nitrogen and oxygen atoms in total. The summed E-state index contributed by atoms with van der Waals surface area (Å²) in [5.74, 6) is 0.320. The van der Waals surface area contributed by atoms with Crippen molar-refractivity contribution in [1.82, 2.24) is 0 Å². The molecule has 154 valence electrons. The number of benzene rings is 3. The Hall–Kier alpha value is -3.34. The third kappa shape index (κ3) is 4.98. The molecule has 5 heteroatoms. The van der Waals surface area contributed by atoms with Gasteiger partial charge in [-0.05, 0) is 60.5 Å². The maximum absolute atomic E-state index is 13.0. The molecule has 1 aliphatic heterocycles. The number of nitrogens with zero attached hydrogens (tertiary/aromatic N) is 3. The van der Waals surface area contributed by atoms with Crippen molar-refractivity contribution in [2.45, 2.75) is 6.42 Å². The number of rotatable bonds is 6. The van der Waals surface area contributed by atoms with E-state index in [1.54, 1.807) is 12.1 Å². The van der Waals surface area contributed by atoms with Gasteiger partial charge in [-0.3, -0.25) is 4.99 Å². The normalized spacial score (nSPS) is 14.8. The summed E-state index contributed by atoms with van der Waals surface area (Å²) < 4.78 is 13.0. The zero-order valence-corrected chi connectivity index (χ0v) is 17.0. The average molecular weight is 403 g/mol. The molecule has 1 saturated heterocycles. The molecule has 2 N–H and O–H groups in total. The molecule has 0 bridgehead atoms. The van der Waals surface area contributed by atoms with Crippen LogP contribution in [0.25, 0.3) is 0 Å². The standard InChI is InChI=1S/C25H27FN4/c26-22-10-6-20(7-11-22)14-15-28-25(27)21-8-12-24(13-9-21)30-18-16-29(17-19-30)23-4-2-1-3-5-23/h1-13H,14-19H2,(H2,27,28). The lowest BCUT2D eigenvalue weighted by Crippen LogP contribution is -2.46. The number of para-hydroxylation sites is 1. The van der Waals surface area contributed by atoms with Crippen LogP contribution in [0.15, 0.2) is 83.9 Å². The van der Waals surface area contributed by atoms with Crippen LogP contribution in [0.4, 0.5) is 15.8 Å². The van der Waals surface area contributed by atoms with Gasteiger partial charge in [-0.15, -0.1) is 0 Å². The number of halogens is 1. The van der Waals surface area contributed by atoms with E-state index >= 15 is 0 Å². The number of piperazine rings is 1. The maximum Gasteiger partial charge on any atom is 0.125 e. The molecule has 0 amide bonds. The second-order valence-corrected chi connectivity index (χ2v) is 7.50. The Morgan fingerprint density at radius 3 is 1.93 bits per heavy atom. The van der Waals surface area contributed by atoms with Crippen molar-refractivity contribution in [3.05, 3.63) is 95.8 Å². The highest BCUT2D eigenvalue weighted by atomic mass is 19.1. The fourth-order valence-electron chi connectivity index (χ4n) is 3.75. The topological polar surface area (TPSA) is 44.9 Å². The Kier molecular flexibility index (Phi) is 6.28. The first-order chi connectivity index (χ1) is 14.7. The smallest absolute Gasteiger partial charge is 0.125 e. The molecule has 0 unspecified atom stereocenters.